The lowest BCUT2D eigenvalue weighted by molar-refractivity contribution is 0.598. The van der Waals surface area contributed by atoms with Gasteiger partial charge in [-0.3, -0.25) is 0 Å². The van der Waals surface area contributed by atoms with Crippen molar-refractivity contribution in [3.8, 4) is 21.7 Å². The van der Waals surface area contributed by atoms with E-state index in [2.05, 4.69) is 4.98 Å². The third kappa shape index (κ3) is 4.59. The van der Waals surface area contributed by atoms with Crippen LogP contribution in [0.3, 0.4) is 0 Å². The number of benzene rings is 3. The number of rotatable bonds is 5. The smallest absolute Gasteiger partial charge is 0.229 e. The lowest BCUT2D eigenvalue weighted by atomic mass is 10.1. The van der Waals surface area contributed by atoms with Crippen molar-refractivity contribution in [1.29, 1.82) is 0 Å². The molecule has 152 valence electrons. The Balaban J connectivity index is 1.79. The maximum atomic E-state index is 13.5. The molecule has 3 aromatic carbocycles. The van der Waals surface area contributed by atoms with Crippen LogP contribution in [0, 0.1) is 11.6 Å². The molecule has 4 rings (SSSR count). The predicted octanol–water partition coefficient (Wildman–Crippen LogP) is 5.55. The van der Waals surface area contributed by atoms with Gasteiger partial charge in [-0.1, -0.05) is 42.1 Å². The number of halogens is 2. The van der Waals surface area contributed by atoms with Crippen molar-refractivity contribution in [2.24, 2.45) is 5.14 Å². The summed E-state index contributed by atoms with van der Waals surface area (Å²) in [6, 6.07) is 18.3. The van der Waals surface area contributed by atoms with Gasteiger partial charge < -0.3 is 0 Å². The van der Waals surface area contributed by atoms with Crippen LogP contribution in [0.25, 0.3) is 21.7 Å². The van der Waals surface area contributed by atoms with Crippen molar-refractivity contribution in [2.75, 3.05) is 0 Å². The first-order valence-electron chi connectivity index (χ1n) is 8.63. The molecule has 0 atom stereocenters. The van der Waals surface area contributed by atoms with E-state index >= 15 is 0 Å². The van der Waals surface area contributed by atoms with E-state index in [1.807, 2.05) is 0 Å². The number of nitrogens with zero attached hydrogens (tertiary/aromatic N) is 1. The molecule has 0 saturated heterocycles. The summed E-state index contributed by atoms with van der Waals surface area (Å²) >= 11 is 2.70. The quantitative estimate of drug-likeness (QED) is 0.424. The Morgan fingerprint density at radius 1 is 0.867 bits per heavy atom. The van der Waals surface area contributed by atoms with Gasteiger partial charge in [0.25, 0.3) is 0 Å². The molecule has 1 aromatic heterocycles. The van der Waals surface area contributed by atoms with Crippen molar-refractivity contribution in [2.45, 2.75) is 14.1 Å². The average Bonchev–Trinajstić information content (AvgIpc) is 3.12. The van der Waals surface area contributed by atoms with E-state index in [1.54, 1.807) is 36.4 Å². The SMILES string of the molecule is NS(=O)(=O)c1ccc(-c2nc(Sc3cccc(F)c3)sc2-c2ccc(F)cc2)cc1. The topological polar surface area (TPSA) is 73.1 Å². The van der Waals surface area contributed by atoms with Crippen LogP contribution in [0.4, 0.5) is 8.78 Å². The highest BCUT2D eigenvalue weighted by molar-refractivity contribution is 8.01. The summed E-state index contributed by atoms with van der Waals surface area (Å²) in [6.45, 7) is 0. The molecule has 0 fully saturated rings. The number of hydrogen-bond donors (Lipinski definition) is 1. The Hall–Kier alpha value is -2.59. The van der Waals surface area contributed by atoms with Crippen LogP contribution in [0.1, 0.15) is 0 Å². The summed E-state index contributed by atoms with van der Waals surface area (Å²) in [4.78, 5) is 6.17. The first-order chi connectivity index (χ1) is 14.3. The zero-order valence-corrected chi connectivity index (χ0v) is 17.7. The lowest BCUT2D eigenvalue weighted by Gasteiger charge is -2.04. The van der Waals surface area contributed by atoms with E-state index in [4.69, 9.17) is 5.14 Å². The van der Waals surface area contributed by atoms with Crippen LogP contribution in [-0.4, -0.2) is 13.4 Å². The minimum atomic E-state index is -3.81. The van der Waals surface area contributed by atoms with Gasteiger partial charge in [-0.15, -0.1) is 11.3 Å². The van der Waals surface area contributed by atoms with Gasteiger partial charge in [-0.05, 0) is 48.0 Å². The Kier molecular flexibility index (Phi) is 5.70. The molecule has 2 N–H and O–H groups in total. The first-order valence-corrected chi connectivity index (χ1v) is 11.8. The normalized spacial score (nSPS) is 11.6. The van der Waals surface area contributed by atoms with Gasteiger partial charge in [0.15, 0.2) is 4.34 Å². The highest BCUT2D eigenvalue weighted by Gasteiger charge is 2.17. The zero-order valence-electron chi connectivity index (χ0n) is 15.2. The standard InChI is InChI=1S/C21H14F2N2O2S3/c22-15-8-4-14(5-9-15)20-19(13-6-10-18(11-7-13)30(24,26)27)25-21(29-20)28-17-3-1-2-16(23)12-17/h1-12H,(H2,24,26,27). The number of thiazole rings is 1. The van der Waals surface area contributed by atoms with E-state index in [0.717, 1.165) is 10.4 Å². The van der Waals surface area contributed by atoms with Crippen LogP contribution in [0.15, 0.2) is 86.9 Å². The fourth-order valence-electron chi connectivity index (χ4n) is 2.77. The molecule has 0 amide bonds. The number of primary sulfonamides is 1. The molecular formula is C21H14F2N2O2S3. The molecule has 0 aliphatic rings. The van der Waals surface area contributed by atoms with Crippen LogP contribution in [-0.2, 0) is 10.0 Å². The van der Waals surface area contributed by atoms with E-state index < -0.39 is 10.0 Å². The molecule has 4 aromatic rings. The molecule has 1 heterocycles. The van der Waals surface area contributed by atoms with Gasteiger partial charge in [0.05, 0.1) is 15.5 Å². The van der Waals surface area contributed by atoms with Gasteiger partial charge in [-0.2, -0.15) is 0 Å². The second-order valence-corrected chi connectivity index (χ2v) is 10.2. The van der Waals surface area contributed by atoms with Crippen LogP contribution < -0.4 is 5.14 Å². The fourth-order valence-corrected chi connectivity index (χ4v) is 5.47. The molecular weight excluding hydrogens is 446 g/mol. The average molecular weight is 461 g/mol. The highest BCUT2D eigenvalue weighted by Crippen LogP contribution is 2.42. The molecule has 4 nitrogen and oxygen atoms in total. The molecule has 30 heavy (non-hydrogen) atoms. The molecule has 0 aliphatic carbocycles. The Morgan fingerprint density at radius 3 is 2.17 bits per heavy atom. The number of sulfonamides is 1. The summed E-state index contributed by atoms with van der Waals surface area (Å²) in [5, 5.41) is 5.17. The van der Waals surface area contributed by atoms with E-state index in [1.165, 1.54) is 59.5 Å². The second-order valence-electron chi connectivity index (χ2n) is 6.29. The first kappa shape index (κ1) is 20.7. The second kappa shape index (κ2) is 8.27. The summed E-state index contributed by atoms with van der Waals surface area (Å²) in [5.41, 5.74) is 2.07. The molecule has 0 spiro atoms. The molecule has 0 aliphatic heterocycles. The number of nitrogens with two attached hydrogens (primary N) is 1. The minimum absolute atomic E-state index is 0.000768. The van der Waals surface area contributed by atoms with Crippen LogP contribution >= 0.6 is 23.1 Å². The zero-order chi connectivity index (χ0) is 21.3. The Bertz CT molecular complexity index is 1300. The third-order valence-corrected chi connectivity index (χ3v) is 7.26. The largest absolute Gasteiger partial charge is 0.238 e. The summed E-state index contributed by atoms with van der Waals surface area (Å²) in [5.74, 6) is -0.689. The predicted molar refractivity (Wildman–Crippen MR) is 115 cm³/mol. The van der Waals surface area contributed by atoms with Crippen molar-refractivity contribution in [3.05, 3.63) is 84.4 Å². The number of aromatic nitrogens is 1. The molecule has 0 unspecified atom stereocenters. The summed E-state index contributed by atoms with van der Waals surface area (Å²) in [6.07, 6.45) is 0. The highest BCUT2D eigenvalue weighted by atomic mass is 32.2. The summed E-state index contributed by atoms with van der Waals surface area (Å²) in [7, 11) is -3.81. The maximum absolute atomic E-state index is 13.5. The molecule has 0 saturated carbocycles. The third-order valence-electron chi connectivity index (χ3n) is 4.17. The van der Waals surface area contributed by atoms with E-state index in [9.17, 15) is 17.2 Å². The Labute approximate surface area is 180 Å². The van der Waals surface area contributed by atoms with Crippen LogP contribution in [0.2, 0.25) is 0 Å². The lowest BCUT2D eigenvalue weighted by Crippen LogP contribution is -2.11. The van der Waals surface area contributed by atoms with Gasteiger partial charge in [-0.25, -0.2) is 27.3 Å². The van der Waals surface area contributed by atoms with Gasteiger partial charge in [0, 0.05) is 10.5 Å². The van der Waals surface area contributed by atoms with Gasteiger partial charge in [0.1, 0.15) is 11.6 Å². The van der Waals surface area contributed by atoms with Crippen molar-refractivity contribution < 1.29 is 17.2 Å². The van der Waals surface area contributed by atoms with Crippen molar-refractivity contribution in [1.82, 2.24) is 4.98 Å². The van der Waals surface area contributed by atoms with E-state index in [-0.39, 0.29) is 16.5 Å². The molecule has 0 radical (unpaired) electrons. The molecule has 9 heteroatoms. The Morgan fingerprint density at radius 2 is 1.53 bits per heavy atom. The number of hydrogen-bond acceptors (Lipinski definition) is 5. The maximum Gasteiger partial charge on any atom is 0.238 e. The van der Waals surface area contributed by atoms with E-state index in [0.29, 0.717) is 20.5 Å². The minimum Gasteiger partial charge on any atom is -0.229 e. The monoisotopic (exact) mass is 460 g/mol. The van der Waals surface area contributed by atoms with Crippen LogP contribution in [0.5, 0.6) is 0 Å². The summed E-state index contributed by atoms with van der Waals surface area (Å²) < 4.78 is 50.7. The van der Waals surface area contributed by atoms with Crippen molar-refractivity contribution >= 4 is 33.1 Å². The van der Waals surface area contributed by atoms with Crippen molar-refractivity contribution in [3.63, 3.8) is 0 Å². The fraction of sp³-hybridized carbons (Fsp3) is 0. The van der Waals surface area contributed by atoms with Gasteiger partial charge >= 0.3 is 0 Å². The van der Waals surface area contributed by atoms with Gasteiger partial charge in [0.2, 0.25) is 10.0 Å². The molecule has 0 bridgehead atoms.